The molecule has 3 heteroatoms. The molecule has 0 bridgehead atoms. The van der Waals surface area contributed by atoms with E-state index in [-0.39, 0.29) is 11.9 Å². The number of carbonyl (C=O) groups is 1. The summed E-state index contributed by atoms with van der Waals surface area (Å²) in [6.07, 6.45) is 3.08. The third-order valence-corrected chi connectivity index (χ3v) is 2.48. The van der Waals surface area contributed by atoms with E-state index in [4.69, 9.17) is 4.74 Å². The highest BCUT2D eigenvalue weighted by atomic mass is 16.5. The first-order valence-corrected chi connectivity index (χ1v) is 5.57. The highest BCUT2D eigenvalue weighted by Crippen LogP contribution is 2.29. The number of hydrogen-bond donors (Lipinski definition) is 1. The van der Waals surface area contributed by atoms with E-state index in [9.17, 15) is 4.79 Å². The molecule has 0 amide bonds. The lowest BCUT2D eigenvalue weighted by atomic mass is 10.1. The molecule has 0 aliphatic heterocycles. The minimum absolute atomic E-state index is 0.0715. The smallest absolute Gasteiger partial charge is 0.187 e. The minimum atomic E-state index is -0.101. The Hall–Kier alpha value is -2.03. The number of ether oxygens (including phenoxy) is 1. The fourth-order valence-electron chi connectivity index (χ4n) is 1.81. The van der Waals surface area contributed by atoms with Gasteiger partial charge < -0.3 is 9.72 Å². The van der Waals surface area contributed by atoms with Crippen LogP contribution in [0.15, 0.2) is 37.1 Å². The lowest BCUT2D eigenvalue weighted by Gasteiger charge is -2.11. The zero-order valence-electron chi connectivity index (χ0n) is 9.99. The van der Waals surface area contributed by atoms with Crippen molar-refractivity contribution in [3.8, 4) is 5.75 Å². The van der Waals surface area contributed by atoms with Crippen LogP contribution in [-0.2, 0) is 0 Å². The number of aromatic amines is 1. The SMILES string of the molecule is C=CC(=O)c1c[nH]c2cccc(OC(C)C)c12. The number of fused-ring (bicyclic) bond motifs is 1. The molecule has 0 saturated heterocycles. The van der Waals surface area contributed by atoms with Gasteiger partial charge in [0.1, 0.15) is 5.75 Å². The Labute approximate surface area is 100 Å². The number of hydrogen-bond acceptors (Lipinski definition) is 2. The molecule has 17 heavy (non-hydrogen) atoms. The molecule has 1 heterocycles. The van der Waals surface area contributed by atoms with Gasteiger partial charge in [0.2, 0.25) is 0 Å². The average Bonchev–Trinajstić information content (AvgIpc) is 2.72. The third-order valence-electron chi connectivity index (χ3n) is 2.48. The predicted octanol–water partition coefficient (Wildman–Crippen LogP) is 3.32. The first kappa shape index (κ1) is 11.5. The van der Waals surface area contributed by atoms with Crippen molar-refractivity contribution in [3.63, 3.8) is 0 Å². The van der Waals surface area contributed by atoms with E-state index in [1.165, 1.54) is 6.08 Å². The number of carbonyl (C=O) groups excluding carboxylic acids is 1. The van der Waals surface area contributed by atoms with Gasteiger partial charge in [0.15, 0.2) is 5.78 Å². The summed E-state index contributed by atoms with van der Waals surface area (Å²) in [5, 5.41) is 0.825. The van der Waals surface area contributed by atoms with Crippen molar-refractivity contribution < 1.29 is 9.53 Å². The van der Waals surface area contributed by atoms with Crippen LogP contribution in [0.2, 0.25) is 0 Å². The Morgan fingerprint density at radius 1 is 1.47 bits per heavy atom. The van der Waals surface area contributed by atoms with E-state index < -0.39 is 0 Å². The molecule has 1 aromatic heterocycles. The van der Waals surface area contributed by atoms with Crippen molar-refractivity contribution in [3.05, 3.63) is 42.6 Å². The molecule has 0 spiro atoms. The second kappa shape index (κ2) is 4.45. The molecule has 88 valence electrons. The summed E-state index contributed by atoms with van der Waals surface area (Å²) in [6.45, 7) is 7.43. The molecular formula is C14H15NO2. The van der Waals surface area contributed by atoms with Gasteiger partial charge in [-0.3, -0.25) is 4.79 Å². The van der Waals surface area contributed by atoms with E-state index >= 15 is 0 Å². The second-order valence-corrected chi connectivity index (χ2v) is 4.12. The molecule has 0 aliphatic carbocycles. The van der Waals surface area contributed by atoms with Crippen molar-refractivity contribution in [1.29, 1.82) is 0 Å². The van der Waals surface area contributed by atoms with Crippen LogP contribution in [0, 0.1) is 0 Å². The van der Waals surface area contributed by atoms with Gasteiger partial charge in [0.25, 0.3) is 0 Å². The average molecular weight is 229 g/mol. The van der Waals surface area contributed by atoms with Gasteiger partial charge in [0.05, 0.1) is 17.1 Å². The van der Waals surface area contributed by atoms with E-state index in [0.29, 0.717) is 5.56 Å². The number of H-pyrrole nitrogens is 1. The standard InChI is InChI=1S/C14H15NO2/c1-4-12(16)10-8-15-11-6-5-7-13(14(10)11)17-9(2)3/h4-9,15H,1H2,2-3H3. The highest BCUT2D eigenvalue weighted by Gasteiger charge is 2.14. The van der Waals surface area contributed by atoms with Crippen molar-refractivity contribution in [1.82, 2.24) is 4.98 Å². The van der Waals surface area contributed by atoms with E-state index in [0.717, 1.165) is 16.7 Å². The van der Waals surface area contributed by atoms with Crippen LogP contribution in [0.25, 0.3) is 10.9 Å². The summed E-state index contributed by atoms with van der Waals surface area (Å²) in [5.41, 5.74) is 1.50. The first-order valence-electron chi connectivity index (χ1n) is 5.57. The van der Waals surface area contributed by atoms with Gasteiger partial charge >= 0.3 is 0 Å². The van der Waals surface area contributed by atoms with Gasteiger partial charge in [0, 0.05) is 11.7 Å². The molecular weight excluding hydrogens is 214 g/mol. The minimum Gasteiger partial charge on any atom is -0.490 e. The monoisotopic (exact) mass is 229 g/mol. The molecule has 1 N–H and O–H groups in total. The molecule has 2 rings (SSSR count). The molecule has 0 radical (unpaired) electrons. The largest absolute Gasteiger partial charge is 0.490 e. The zero-order valence-corrected chi connectivity index (χ0v) is 9.99. The van der Waals surface area contributed by atoms with Crippen LogP contribution in [-0.4, -0.2) is 16.9 Å². The molecule has 1 aromatic carbocycles. The Morgan fingerprint density at radius 2 is 2.24 bits per heavy atom. The maximum absolute atomic E-state index is 11.7. The number of aromatic nitrogens is 1. The summed E-state index contributed by atoms with van der Waals surface area (Å²) in [6, 6.07) is 5.69. The lowest BCUT2D eigenvalue weighted by Crippen LogP contribution is -2.06. The zero-order chi connectivity index (χ0) is 12.4. The van der Waals surface area contributed by atoms with Crippen molar-refractivity contribution in [2.75, 3.05) is 0 Å². The van der Waals surface area contributed by atoms with Crippen LogP contribution in [0.5, 0.6) is 5.75 Å². The summed E-state index contributed by atoms with van der Waals surface area (Å²) in [5.74, 6) is 0.625. The lowest BCUT2D eigenvalue weighted by molar-refractivity contribution is 0.104. The molecule has 0 saturated carbocycles. The second-order valence-electron chi connectivity index (χ2n) is 4.12. The van der Waals surface area contributed by atoms with E-state index in [2.05, 4.69) is 11.6 Å². The fourth-order valence-corrected chi connectivity index (χ4v) is 1.81. The van der Waals surface area contributed by atoms with Gasteiger partial charge in [-0.2, -0.15) is 0 Å². The van der Waals surface area contributed by atoms with Crippen molar-refractivity contribution >= 4 is 16.7 Å². The summed E-state index contributed by atoms with van der Waals surface area (Å²) >= 11 is 0. The fraction of sp³-hybridized carbons (Fsp3) is 0.214. The van der Waals surface area contributed by atoms with Gasteiger partial charge in [-0.15, -0.1) is 0 Å². The van der Waals surface area contributed by atoms with Gasteiger partial charge in [-0.25, -0.2) is 0 Å². The predicted molar refractivity (Wildman–Crippen MR) is 68.6 cm³/mol. The van der Waals surface area contributed by atoms with E-state index in [1.54, 1.807) is 6.20 Å². The number of benzene rings is 1. The third kappa shape index (κ3) is 2.09. The van der Waals surface area contributed by atoms with Crippen molar-refractivity contribution in [2.24, 2.45) is 0 Å². The summed E-state index contributed by atoms with van der Waals surface area (Å²) in [4.78, 5) is 14.8. The van der Waals surface area contributed by atoms with Crippen LogP contribution >= 0.6 is 0 Å². The van der Waals surface area contributed by atoms with Crippen molar-refractivity contribution in [2.45, 2.75) is 20.0 Å². The van der Waals surface area contributed by atoms with Gasteiger partial charge in [-0.05, 0) is 32.1 Å². The quantitative estimate of drug-likeness (QED) is 0.645. The molecule has 0 unspecified atom stereocenters. The van der Waals surface area contributed by atoms with Gasteiger partial charge in [-0.1, -0.05) is 12.6 Å². The Morgan fingerprint density at radius 3 is 2.88 bits per heavy atom. The van der Waals surface area contributed by atoms with E-state index in [1.807, 2.05) is 32.0 Å². The molecule has 0 aliphatic rings. The topological polar surface area (TPSA) is 42.1 Å². The Bertz CT molecular complexity index is 567. The summed E-state index contributed by atoms with van der Waals surface area (Å²) in [7, 11) is 0. The number of allylic oxidation sites excluding steroid dienone is 1. The van der Waals surface area contributed by atoms with Crippen LogP contribution in [0.3, 0.4) is 0 Å². The first-order chi connectivity index (χ1) is 8.13. The Kier molecular flexibility index (Phi) is 3.00. The summed E-state index contributed by atoms with van der Waals surface area (Å²) < 4.78 is 5.71. The normalized spacial score (nSPS) is 10.8. The number of ketones is 1. The highest BCUT2D eigenvalue weighted by molar-refractivity contribution is 6.14. The molecule has 0 fully saturated rings. The van der Waals surface area contributed by atoms with Crippen LogP contribution in [0.4, 0.5) is 0 Å². The molecule has 0 atom stereocenters. The maximum atomic E-state index is 11.7. The van der Waals surface area contributed by atoms with Crippen LogP contribution < -0.4 is 4.74 Å². The Balaban J connectivity index is 2.63. The maximum Gasteiger partial charge on any atom is 0.187 e. The van der Waals surface area contributed by atoms with Crippen LogP contribution in [0.1, 0.15) is 24.2 Å². The molecule has 3 nitrogen and oxygen atoms in total. The molecule has 2 aromatic rings. The number of rotatable bonds is 4. The number of nitrogens with one attached hydrogen (secondary N) is 1.